The van der Waals surface area contributed by atoms with Crippen molar-refractivity contribution < 1.29 is 17.6 Å². The fraction of sp³-hybridized carbons (Fsp3) is 0.125. The summed E-state index contributed by atoms with van der Waals surface area (Å²) < 4.78 is 31.8. The first kappa shape index (κ1) is 20.7. The van der Waals surface area contributed by atoms with Gasteiger partial charge in [0.15, 0.2) is 0 Å². The van der Waals surface area contributed by atoms with Crippen LogP contribution in [0.2, 0.25) is 0 Å². The van der Waals surface area contributed by atoms with Crippen LogP contribution < -0.4 is 10.0 Å². The average Bonchev–Trinajstić information content (AvgIpc) is 3.17. The topological polar surface area (TPSA) is 88.4 Å². The van der Waals surface area contributed by atoms with E-state index in [2.05, 4.69) is 10.0 Å². The number of nitrogens with one attached hydrogen (secondary N) is 2. The van der Waals surface area contributed by atoms with Gasteiger partial charge in [-0.05, 0) is 42.3 Å². The molecule has 6 nitrogen and oxygen atoms in total. The van der Waals surface area contributed by atoms with Gasteiger partial charge in [-0.1, -0.05) is 54.6 Å². The molecule has 2 N–H and O–H groups in total. The van der Waals surface area contributed by atoms with Crippen LogP contribution in [0.1, 0.15) is 33.3 Å². The number of sulfonamides is 1. The molecule has 0 aliphatic rings. The Balaban J connectivity index is 1.69. The largest absolute Gasteiger partial charge is 0.459 e. The number of anilines is 1. The Morgan fingerprint density at radius 3 is 2.35 bits per heavy atom. The standard InChI is InChI=1S/C24H22N2O4S/c1-16-12-13-19(14-20(16)26-31(2,28)29)24(27)25-23(17-8-4-3-5-9-17)22-15-18-10-6-7-11-21(18)30-22/h3-15,23,26H,1-2H3,(H,25,27)/t23-/m1/s1. The predicted octanol–water partition coefficient (Wildman–Crippen LogP) is 4.63. The highest BCUT2D eigenvalue weighted by Gasteiger charge is 2.22. The van der Waals surface area contributed by atoms with Crippen LogP contribution in [-0.2, 0) is 10.0 Å². The normalized spacial score (nSPS) is 12.5. The lowest BCUT2D eigenvalue weighted by Crippen LogP contribution is -2.29. The molecule has 158 valence electrons. The van der Waals surface area contributed by atoms with E-state index in [0.29, 0.717) is 17.0 Å². The van der Waals surface area contributed by atoms with Gasteiger partial charge in [-0.15, -0.1) is 0 Å². The molecule has 4 aromatic rings. The second-order valence-corrected chi connectivity index (χ2v) is 9.16. The van der Waals surface area contributed by atoms with E-state index in [-0.39, 0.29) is 5.91 Å². The monoisotopic (exact) mass is 434 g/mol. The Labute approximate surface area is 181 Å². The van der Waals surface area contributed by atoms with Gasteiger partial charge in [-0.3, -0.25) is 9.52 Å². The van der Waals surface area contributed by atoms with E-state index in [9.17, 15) is 13.2 Å². The summed E-state index contributed by atoms with van der Waals surface area (Å²) in [5.41, 5.74) is 3.04. The molecule has 3 aromatic carbocycles. The van der Waals surface area contributed by atoms with Gasteiger partial charge in [0.2, 0.25) is 10.0 Å². The van der Waals surface area contributed by atoms with Gasteiger partial charge in [-0.2, -0.15) is 0 Å². The predicted molar refractivity (Wildman–Crippen MR) is 122 cm³/mol. The number of para-hydroxylation sites is 1. The van der Waals surface area contributed by atoms with Crippen molar-refractivity contribution in [2.45, 2.75) is 13.0 Å². The molecule has 0 spiro atoms. The summed E-state index contributed by atoms with van der Waals surface area (Å²) in [6.07, 6.45) is 1.08. The van der Waals surface area contributed by atoms with E-state index in [1.54, 1.807) is 19.1 Å². The minimum Gasteiger partial charge on any atom is -0.459 e. The summed E-state index contributed by atoms with van der Waals surface area (Å²) in [5, 5.41) is 3.97. The minimum atomic E-state index is -3.46. The zero-order valence-electron chi connectivity index (χ0n) is 17.1. The van der Waals surface area contributed by atoms with Crippen LogP contribution in [0.25, 0.3) is 11.0 Å². The van der Waals surface area contributed by atoms with E-state index in [4.69, 9.17) is 4.42 Å². The summed E-state index contributed by atoms with van der Waals surface area (Å²) in [4.78, 5) is 13.1. The van der Waals surface area contributed by atoms with Gasteiger partial charge in [0.25, 0.3) is 5.91 Å². The Hall–Kier alpha value is -3.58. The maximum absolute atomic E-state index is 13.1. The molecule has 0 unspecified atom stereocenters. The first-order valence-electron chi connectivity index (χ1n) is 9.73. The summed E-state index contributed by atoms with van der Waals surface area (Å²) in [6.45, 7) is 1.77. The molecular formula is C24H22N2O4S. The number of hydrogen-bond acceptors (Lipinski definition) is 4. The van der Waals surface area contributed by atoms with Gasteiger partial charge < -0.3 is 9.73 Å². The quantitative estimate of drug-likeness (QED) is 0.463. The minimum absolute atomic E-state index is 0.341. The molecule has 7 heteroatoms. The highest BCUT2D eigenvalue weighted by molar-refractivity contribution is 7.92. The van der Waals surface area contributed by atoms with E-state index in [1.807, 2.05) is 60.7 Å². The zero-order chi connectivity index (χ0) is 22.0. The van der Waals surface area contributed by atoms with Crippen LogP contribution in [0.15, 0.2) is 83.3 Å². The molecule has 31 heavy (non-hydrogen) atoms. The van der Waals surface area contributed by atoms with Gasteiger partial charge in [-0.25, -0.2) is 8.42 Å². The van der Waals surface area contributed by atoms with Crippen LogP contribution in [0.3, 0.4) is 0 Å². The number of hydrogen-bond donors (Lipinski definition) is 2. The van der Waals surface area contributed by atoms with Crippen molar-refractivity contribution >= 4 is 32.6 Å². The van der Waals surface area contributed by atoms with Gasteiger partial charge >= 0.3 is 0 Å². The highest BCUT2D eigenvalue weighted by Crippen LogP contribution is 2.29. The lowest BCUT2D eigenvalue weighted by atomic mass is 10.0. The van der Waals surface area contributed by atoms with Crippen molar-refractivity contribution in [1.82, 2.24) is 5.32 Å². The van der Waals surface area contributed by atoms with Gasteiger partial charge in [0.1, 0.15) is 17.4 Å². The van der Waals surface area contributed by atoms with Crippen LogP contribution in [0, 0.1) is 6.92 Å². The van der Waals surface area contributed by atoms with Crippen LogP contribution in [-0.4, -0.2) is 20.6 Å². The van der Waals surface area contributed by atoms with Gasteiger partial charge in [0, 0.05) is 10.9 Å². The number of aryl methyl sites for hydroxylation is 1. The van der Waals surface area contributed by atoms with E-state index in [0.717, 1.165) is 28.4 Å². The molecular weight excluding hydrogens is 412 g/mol. The first-order valence-corrected chi connectivity index (χ1v) is 11.6. The zero-order valence-corrected chi connectivity index (χ0v) is 17.9. The Morgan fingerprint density at radius 2 is 1.65 bits per heavy atom. The smallest absolute Gasteiger partial charge is 0.252 e. The molecule has 0 radical (unpaired) electrons. The molecule has 1 amide bonds. The van der Waals surface area contributed by atoms with Crippen molar-refractivity contribution in [2.24, 2.45) is 0 Å². The third-order valence-corrected chi connectivity index (χ3v) is 5.52. The van der Waals surface area contributed by atoms with Crippen molar-refractivity contribution in [1.29, 1.82) is 0 Å². The second kappa shape index (κ2) is 8.28. The van der Waals surface area contributed by atoms with E-state index in [1.165, 1.54) is 6.07 Å². The van der Waals surface area contributed by atoms with Crippen LogP contribution in [0.4, 0.5) is 5.69 Å². The molecule has 4 rings (SSSR count). The van der Waals surface area contributed by atoms with Crippen molar-refractivity contribution in [2.75, 3.05) is 11.0 Å². The van der Waals surface area contributed by atoms with E-state index >= 15 is 0 Å². The van der Waals surface area contributed by atoms with Crippen LogP contribution >= 0.6 is 0 Å². The van der Waals surface area contributed by atoms with Crippen molar-refractivity contribution in [3.63, 3.8) is 0 Å². The summed E-state index contributed by atoms with van der Waals surface area (Å²) in [7, 11) is -3.46. The SMILES string of the molecule is Cc1ccc(C(=O)N[C@H](c2ccccc2)c2cc3ccccc3o2)cc1NS(C)(=O)=O. The molecule has 0 aliphatic heterocycles. The molecule has 1 atom stereocenters. The highest BCUT2D eigenvalue weighted by atomic mass is 32.2. The summed E-state index contributed by atoms with van der Waals surface area (Å²) in [6, 6.07) is 23.5. The van der Waals surface area contributed by atoms with Gasteiger partial charge in [0.05, 0.1) is 11.9 Å². The molecule has 1 heterocycles. The lowest BCUT2D eigenvalue weighted by molar-refractivity contribution is 0.0939. The third kappa shape index (κ3) is 4.78. The fourth-order valence-corrected chi connectivity index (χ4v) is 4.02. The Bertz CT molecular complexity index is 1310. The molecule has 0 aliphatic carbocycles. The average molecular weight is 435 g/mol. The Morgan fingerprint density at radius 1 is 0.935 bits per heavy atom. The lowest BCUT2D eigenvalue weighted by Gasteiger charge is -2.18. The first-order chi connectivity index (χ1) is 14.8. The van der Waals surface area contributed by atoms with Crippen molar-refractivity contribution in [3.05, 3.63) is 101 Å². The number of benzene rings is 3. The number of amides is 1. The van der Waals surface area contributed by atoms with Crippen molar-refractivity contribution in [3.8, 4) is 0 Å². The maximum Gasteiger partial charge on any atom is 0.252 e. The molecule has 0 saturated carbocycles. The number of fused-ring (bicyclic) bond motifs is 1. The summed E-state index contributed by atoms with van der Waals surface area (Å²) >= 11 is 0. The Kier molecular flexibility index (Phi) is 5.52. The fourth-order valence-electron chi connectivity index (χ4n) is 3.40. The molecule has 0 bridgehead atoms. The summed E-state index contributed by atoms with van der Waals surface area (Å²) in [5.74, 6) is 0.271. The number of rotatable bonds is 6. The molecule has 0 fully saturated rings. The van der Waals surface area contributed by atoms with Crippen LogP contribution in [0.5, 0.6) is 0 Å². The van der Waals surface area contributed by atoms with E-state index < -0.39 is 16.1 Å². The molecule has 1 aromatic heterocycles. The third-order valence-electron chi connectivity index (χ3n) is 4.93. The maximum atomic E-state index is 13.1. The number of carbonyl (C=O) groups excluding carboxylic acids is 1. The second-order valence-electron chi connectivity index (χ2n) is 7.41. The number of carbonyl (C=O) groups is 1. The number of furan rings is 1. The molecule has 0 saturated heterocycles.